The SMILES string of the molecule is Cc1cc2c3c(c1)N(c1ccc(C(C)(C)C)cc1)c1ccc(C(C)(C)C)cc1B3c1cc(Sc3ccccc3)ccc1N2c1cc(-c2ccccc2)cc(-c2ccccc2)c1. The van der Waals surface area contributed by atoms with Crippen molar-refractivity contribution in [3.05, 3.63) is 199 Å². The molecule has 8 aromatic carbocycles. The number of hydrogen-bond donors (Lipinski definition) is 0. The topological polar surface area (TPSA) is 6.48 Å². The molecule has 2 nitrogen and oxygen atoms in total. The number of nitrogens with zero attached hydrogens (tertiary/aromatic N) is 2. The molecule has 8 aromatic rings. The Morgan fingerprint density at radius 2 is 0.885 bits per heavy atom. The maximum Gasteiger partial charge on any atom is 0.252 e. The van der Waals surface area contributed by atoms with Crippen LogP contribution in [0.15, 0.2) is 192 Å². The second-order valence-electron chi connectivity index (χ2n) is 18.8. The molecule has 2 aliphatic rings. The minimum atomic E-state index is -0.0230. The van der Waals surface area contributed by atoms with Gasteiger partial charge in [0, 0.05) is 43.9 Å². The molecule has 0 N–H and O–H groups in total. The van der Waals surface area contributed by atoms with E-state index in [0.717, 1.165) is 5.69 Å². The lowest BCUT2D eigenvalue weighted by molar-refractivity contribution is 0.590. The molecule has 0 bridgehead atoms. The van der Waals surface area contributed by atoms with Crippen LogP contribution in [-0.2, 0) is 10.8 Å². The van der Waals surface area contributed by atoms with Crippen LogP contribution in [0.1, 0.15) is 58.2 Å². The van der Waals surface area contributed by atoms with Crippen molar-refractivity contribution in [1.29, 1.82) is 0 Å². The molecule has 0 amide bonds. The summed E-state index contributed by atoms with van der Waals surface area (Å²) in [5.74, 6) is 0. The molecular formula is C57H51BN2S. The Hall–Kier alpha value is -6.23. The van der Waals surface area contributed by atoms with Gasteiger partial charge >= 0.3 is 0 Å². The van der Waals surface area contributed by atoms with Crippen molar-refractivity contribution >= 4 is 69.0 Å². The fraction of sp³-hybridized carbons (Fsp3) is 0.158. The van der Waals surface area contributed by atoms with E-state index in [1.54, 1.807) is 0 Å². The zero-order chi connectivity index (χ0) is 42.0. The van der Waals surface area contributed by atoms with Gasteiger partial charge in [-0.15, -0.1) is 0 Å². The normalized spacial score (nSPS) is 13.1. The largest absolute Gasteiger partial charge is 0.311 e. The highest BCUT2D eigenvalue weighted by Crippen LogP contribution is 2.47. The zero-order valence-corrected chi connectivity index (χ0v) is 37.0. The summed E-state index contributed by atoms with van der Waals surface area (Å²) < 4.78 is 0. The molecule has 298 valence electrons. The number of anilines is 6. The van der Waals surface area contributed by atoms with Crippen LogP contribution < -0.4 is 26.2 Å². The van der Waals surface area contributed by atoms with Gasteiger partial charge in [0.2, 0.25) is 0 Å². The molecule has 0 saturated heterocycles. The van der Waals surface area contributed by atoms with E-state index in [1.165, 1.54) is 93.6 Å². The Bertz CT molecular complexity index is 2850. The van der Waals surface area contributed by atoms with E-state index >= 15 is 0 Å². The van der Waals surface area contributed by atoms with Crippen LogP contribution in [0, 0.1) is 6.92 Å². The highest BCUT2D eigenvalue weighted by atomic mass is 32.2. The van der Waals surface area contributed by atoms with Crippen molar-refractivity contribution in [1.82, 2.24) is 0 Å². The lowest BCUT2D eigenvalue weighted by Gasteiger charge is -2.45. The zero-order valence-electron chi connectivity index (χ0n) is 36.2. The average molecular weight is 807 g/mol. The van der Waals surface area contributed by atoms with Gasteiger partial charge in [-0.05, 0) is 146 Å². The number of aryl methyl sites for hydroxylation is 1. The quantitative estimate of drug-likeness (QED) is 0.155. The standard InChI is InChI=1S/C57H51BN2S/c1-38-31-53-55-54(32-38)60(46-34-41(39-17-11-8-12-18-39)33-42(35-46)40-19-13-9-14-20-40)52-30-28-48(61-47-21-15-10-16-22-47)37-50(52)58(55)49-36-44(57(5,6)7)25-29-51(49)59(53)45-26-23-43(24-27-45)56(2,3)4/h8-37H,1-7H3. The predicted octanol–water partition coefficient (Wildman–Crippen LogP) is 14.2. The maximum atomic E-state index is 2.56. The van der Waals surface area contributed by atoms with Crippen LogP contribution in [0.25, 0.3) is 22.3 Å². The van der Waals surface area contributed by atoms with E-state index in [1.807, 2.05) is 11.8 Å². The predicted molar refractivity (Wildman–Crippen MR) is 264 cm³/mol. The second-order valence-corrected chi connectivity index (χ2v) is 19.9. The fourth-order valence-electron chi connectivity index (χ4n) is 9.28. The third-order valence-corrected chi connectivity index (χ3v) is 13.4. The molecule has 0 aliphatic carbocycles. The van der Waals surface area contributed by atoms with Crippen LogP contribution in [0.3, 0.4) is 0 Å². The Kier molecular flexibility index (Phi) is 9.61. The maximum absolute atomic E-state index is 2.56. The van der Waals surface area contributed by atoms with E-state index in [2.05, 4.69) is 240 Å². The van der Waals surface area contributed by atoms with Crippen molar-refractivity contribution in [2.75, 3.05) is 9.80 Å². The number of fused-ring (bicyclic) bond motifs is 4. The first kappa shape index (κ1) is 38.9. The second kappa shape index (κ2) is 15.0. The van der Waals surface area contributed by atoms with E-state index in [9.17, 15) is 0 Å². The summed E-state index contributed by atoms with van der Waals surface area (Å²) in [6.45, 7) is 16.1. The summed E-state index contributed by atoms with van der Waals surface area (Å²) in [6.07, 6.45) is 0. The molecule has 0 saturated carbocycles. The first-order valence-electron chi connectivity index (χ1n) is 21.5. The van der Waals surface area contributed by atoms with Gasteiger partial charge in [-0.3, -0.25) is 0 Å². The summed E-state index contributed by atoms with van der Waals surface area (Å²) >= 11 is 1.84. The summed E-state index contributed by atoms with van der Waals surface area (Å²) in [4.78, 5) is 7.57. The van der Waals surface area contributed by atoms with Crippen LogP contribution in [-0.4, -0.2) is 6.71 Å². The Morgan fingerprint density at radius 1 is 0.393 bits per heavy atom. The van der Waals surface area contributed by atoms with Gasteiger partial charge in [0.25, 0.3) is 6.71 Å². The highest BCUT2D eigenvalue weighted by molar-refractivity contribution is 7.99. The van der Waals surface area contributed by atoms with Gasteiger partial charge in [-0.1, -0.05) is 162 Å². The molecule has 2 heterocycles. The average Bonchev–Trinajstić information content (AvgIpc) is 3.26. The molecule has 10 rings (SSSR count). The molecular weight excluding hydrogens is 756 g/mol. The third kappa shape index (κ3) is 7.17. The molecule has 4 heteroatoms. The smallest absolute Gasteiger partial charge is 0.252 e. The van der Waals surface area contributed by atoms with E-state index < -0.39 is 0 Å². The number of hydrogen-bond acceptors (Lipinski definition) is 3. The summed E-state index contributed by atoms with van der Waals surface area (Å²) in [5, 5.41) is 0. The van der Waals surface area contributed by atoms with Crippen LogP contribution in [0.2, 0.25) is 0 Å². The molecule has 0 aromatic heterocycles. The molecule has 0 atom stereocenters. The Morgan fingerprint density at radius 3 is 1.44 bits per heavy atom. The molecule has 2 aliphatic heterocycles. The lowest BCUT2D eigenvalue weighted by Crippen LogP contribution is -2.61. The van der Waals surface area contributed by atoms with Crippen molar-refractivity contribution in [3.8, 4) is 22.3 Å². The summed E-state index contributed by atoms with van der Waals surface area (Å²) in [5.41, 5.74) is 20.0. The van der Waals surface area contributed by atoms with E-state index in [4.69, 9.17) is 0 Å². The van der Waals surface area contributed by atoms with Crippen LogP contribution in [0.5, 0.6) is 0 Å². The minimum Gasteiger partial charge on any atom is -0.311 e. The molecule has 0 unspecified atom stereocenters. The number of rotatable bonds is 6. The van der Waals surface area contributed by atoms with Crippen molar-refractivity contribution in [2.45, 2.75) is 69.1 Å². The van der Waals surface area contributed by atoms with Crippen LogP contribution >= 0.6 is 11.8 Å². The summed E-state index contributed by atoms with van der Waals surface area (Å²) in [6, 6.07) is 68.2. The Balaban J connectivity index is 1.28. The lowest BCUT2D eigenvalue weighted by atomic mass is 9.33. The third-order valence-electron chi connectivity index (χ3n) is 12.4. The molecule has 0 fully saturated rings. The van der Waals surface area contributed by atoms with Crippen LogP contribution in [0.4, 0.5) is 34.1 Å². The van der Waals surface area contributed by atoms with Gasteiger partial charge in [0.05, 0.1) is 0 Å². The fourth-order valence-corrected chi connectivity index (χ4v) is 10.2. The van der Waals surface area contributed by atoms with Gasteiger partial charge in [0.15, 0.2) is 0 Å². The van der Waals surface area contributed by atoms with Crippen molar-refractivity contribution in [3.63, 3.8) is 0 Å². The first-order valence-corrected chi connectivity index (χ1v) is 22.3. The summed E-state index contributed by atoms with van der Waals surface area (Å²) in [7, 11) is 0. The molecule has 0 spiro atoms. The Labute approximate surface area is 367 Å². The van der Waals surface area contributed by atoms with E-state index in [0.29, 0.717) is 0 Å². The molecule has 0 radical (unpaired) electrons. The first-order chi connectivity index (χ1) is 29.4. The van der Waals surface area contributed by atoms with Gasteiger partial charge in [0.1, 0.15) is 0 Å². The van der Waals surface area contributed by atoms with Gasteiger partial charge in [-0.2, -0.15) is 0 Å². The monoisotopic (exact) mass is 806 g/mol. The minimum absolute atomic E-state index is 0.0153. The van der Waals surface area contributed by atoms with Crippen molar-refractivity contribution in [2.24, 2.45) is 0 Å². The highest BCUT2D eigenvalue weighted by Gasteiger charge is 2.44. The molecule has 61 heavy (non-hydrogen) atoms. The van der Waals surface area contributed by atoms with Gasteiger partial charge in [-0.25, -0.2) is 0 Å². The van der Waals surface area contributed by atoms with Gasteiger partial charge < -0.3 is 9.80 Å². The number of benzene rings is 8. The van der Waals surface area contributed by atoms with Crippen molar-refractivity contribution < 1.29 is 0 Å². The van der Waals surface area contributed by atoms with E-state index in [-0.39, 0.29) is 17.5 Å².